The fourth-order valence-electron chi connectivity index (χ4n) is 3.67. The Morgan fingerprint density at radius 2 is 1.61 bits per heavy atom. The third-order valence-corrected chi connectivity index (χ3v) is 6.46. The lowest BCUT2D eigenvalue weighted by molar-refractivity contribution is 0.628. The van der Waals surface area contributed by atoms with E-state index in [1.807, 2.05) is 34.7 Å². The number of rotatable bonds is 4. The molecule has 1 atom stereocenters. The van der Waals surface area contributed by atoms with Crippen LogP contribution in [0.3, 0.4) is 0 Å². The van der Waals surface area contributed by atoms with E-state index < -0.39 is 0 Å². The molecule has 0 fully saturated rings. The summed E-state index contributed by atoms with van der Waals surface area (Å²) < 4.78 is 13.3. The summed E-state index contributed by atoms with van der Waals surface area (Å²) in [7, 11) is 0. The summed E-state index contributed by atoms with van der Waals surface area (Å²) in [5.74, 6) is -0.256. The van der Waals surface area contributed by atoms with Crippen molar-refractivity contribution < 1.29 is 4.39 Å². The summed E-state index contributed by atoms with van der Waals surface area (Å²) in [5.41, 5.74) is 6.19. The highest BCUT2D eigenvalue weighted by atomic mass is 35.5. The second kappa shape index (κ2) is 8.25. The van der Waals surface area contributed by atoms with Crippen LogP contribution >= 0.6 is 22.9 Å². The fourth-order valence-corrected chi connectivity index (χ4v) is 4.63. The molecule has 5 rings (SSSR count). The third-order valence-electron chi connectivity index (χ3n) is 5.38. The van der Waals surface area contributed by atoms with Crippen molar-refractivity contribution in [2.75, 3.05) is 5.01 Å². The smallest absolute Gasteiger partial charge is 0.207 e. The number of aromatic nitrogens is 1. The maximum Gasteiger partial charge on any atom is 0.207 e. The zero-order valence-electron chi connectivity index (χ0n) is 16.8. The van der Waals surface area contributed by atoms with Gasteiger partial charge in [-0.3, -0.25) is 0 Å². The van der Waals surface area contributed by atoms with Crippen LogP contribution in [0.4, 0.5) is 9.52 Å². The second-order valence-corrected chi connectivity index (χ2v) is 8.82. The molecule has 1 aliphatic heterocycles. The highest BCUT2D eigenvalue weighted by Gasteiger charge is 2.31. The third kappa shape index (κ3) is 4.11. The number of benzene rings is 3. The second-order valence-electron chi connectivity index (χ2n) is 7.55. The summed E-state index contributed by atoms with van der Waals surface area (Å²) in [6.07, 6.45) is 0.774. The molecule has 0 radical (unpaired) electrons. The summed E-state index contributed by atoms with van der Waals surface area (Å²) in [6.45, 7) is 2.08. The lowest BCUT2D eigenvalue weighted by Crippen LogP contribution is -2.18. The van der Waals surface area contributed by atoms with E-state index >= 15 is 0 Å². The average molecular weight is 448 g/mol. The van der Waals surface area contributed by atoms with Gasteiger partial charge < -0.3 is 0 Å². The molecule has 0 saturated heterocycles. The predicted octanol–water partition coefficient (Wildman–Crippen LogP) is 7.27. The van der Waals surface area contributed by atoms with Gasteiger partial charge in [-0.1, -0.05) is 53.6 Å². The first-order valence-corrected chi connectivity index (χ1v) is 11.2. The van der Waals surface area contributed by atoms with Crippen LogP contribution in [0, 0.1) is 12.7 Å². The average Bonchev–Trinajstić information content (AvgIpc) is 3.43. The van der Waals surface area contributed by atoms with Gasteiger partial charge in [0, 0.05) is 22.4 Å². The van der Waals surface area contributed by atoms with Gasteiger partial charge in [-0.25, -0.2) is 14.4 Å². The standard InChI is InChI=1S/C25H19ClFN3S/c1-16-2-4-17(5-3-16)22-14-24(19-6-10-20(26)11-7-19)30(29-22)25-28-23(15-31-25)18-8-12-21(27)13-9-18/h2-13,15,24H,14H2,1H3/t24-/m0/s1. The number of anilines is 1. The van der Waals surface area contributed by atoms with E-state index in [0.29, 0.717) is 5.02 Å². The van der Waals surface area contributed by atoms with Crippen LogP contribution in [-0.2, 0) is 0 Å². The number of aryl methyl sites for hydroxylation is 1. The van der Waals surface area contributed by atoms with Gasteiger partial charge in [-0.15, -0.1) is 11.3 Å². The van der Waals surface area contributed by atoms with E-state index in [9.17, 15) is 4.39 Å². The van der Waals surface area contributed by atoms with Crippen LogP contribution in [0.5, 0.6) is 0 Å². The summed E-state index contributed by atoms with van der Waals surface area (Å²) in [6, 6.07) is 22.8. The highest BCUT2D eigenvalue weighted by Crippen LogP contribution is 2.39. The zero-order chi connectivity index (χ0) is 21.4. The van der Waals surface area contributed by atoms with Crippen LogP contribution in [0.2, 0.25) is 5.02 Å². The molecule has 1 aliphatic rings. The van der Waals surface area contributed by atoms with E-state index in [4.69, 9.17) is 21.7 Å². The molecule has 0 aliphatic carbocycles. The van der Waals surface area contributed by atoms with Crippen LogP contribution in [0.15, 0.2) is 83.3 Å². The van der Waals surface area contributed by atoms with Crippen LogP contribution in [0.25, 0.3) is 11.3 Å². The number of halogens is 2. The van der Waals surface area contributed by atoms with Gasteiger partial charge in [0.25, 0.3) is 0 Å². The minimum absolute atomic E-state index is 0.0285. The quantitative estimate of drug-likeness (QED) is 0.329. The van der Waals surface area contributed by atoms with Crippen molar-refractivity contribution in [1.29, 1.82) is 0 Å². The first-order valence-electron chi connectivity index (χ1n) is 9.97. The molecule has 3 aromatic carbocycles. The molecule has 154 valence electrons. The van der Waals surface area contributed by atoms with Crippen molar-refractivity contribution in [1.82, 2.24) is 4.98 Å². The van der Waals surface area contributed by atoms with Gasteiger partial charge in [0.1, 0.15) is 5.82 Å². The van der Waals surface area contributed by atoms with Crippen LogP contribution in [-0.4, -0.2) is 10.7 Å². The maximum absolute atomic E-state index is 13.3. The minimum atomic E-state index is -0.256. The predicted molar refractivity (Wildman–Crippen MR) is 127 cm³/mol. The Morgan fingerprint density at radius 1 is 0.935 bits per heavy atom. The van der Waals surface area contributed by atoms with E-state index in [1.165, 1.54) is 29.0 Å². The molecule has 1 aromatic heterocycles. The largest absolute Gasteiger partial charge is 0.231 e. The van der Waals surface area contributed by atoms with Crippen LogP contribution in [0.1, 0.15) is 29.2 Å². The van der Waals surface area contributed by atoms with Gasteiger partial charge in [-0.05, 0) is 54.4 Å². The first kappa shape index (κ1) is 19.9. The van der Waals surface area contributed by atoms with E-state index in [-0.39, 0.29) is 11.9 Å². The Balaban J connectivity index is 1.52. The number of hydrazone groups is 1. The topological polar surface area (TPSA) is 28.5 Å². The van der Waals surface area contributed by atoms with E-state index in [1.54, 1.807) is 12.1 Å². The molecular formula is C25H19ClFN3S. The van der Waals surface area contributed by atoms with Crippen molar-refractivity contribution in [2.24, 2.45) is 5.10 Å². The van der Waals surface area contributed by atoms with Crippen LogP contribution < -0.4 is 5.01 Å². The lowest BCUT2D eigenvalue weighted by Gasteiger charge is -2.21. The number of thiazole rings is 1. The van der Waals surface area contributed by atoms with Crippen molar-refractivity contribution >= 4 is 33.8 Å². The molecule has 0 amide bonds. The molecule has 3 nitrogen and oxygen atoms in total. The lowest BCUT2D eigenvalue weighted by atomic mass is 9.98. The number of nitrogens with zero attached hydrogens (tertiary/aromatic N) is 3. The molecule has 2 heterocycles. The summed E-state index contributed by atoms with van der Waals surface area (Å²) >= 11 is 7.65. The summed E-state index contributed by atoms with van der Waals surface area (Å²) in [5, 5.41) is 10.5. The molecule has 0 unspecified atom stereocenters. The molecule has 31 heavy (non-hydrogen) atoms. The first-order chi connectivity index (χ1) is 15.1. The number of hydrogen-bond acceptors (Lipinski definition) is 4. The van der Waals surface area contributed by atoms with Crippen molar-refractivity contribution in [3.05, 3.63) is 106 Å². The molecule has 0 bridgehead atoms. The van der Waals surface area contributed by atoms with E-state index in [2.05, 4.69) is 31.2 Å². The Labute approximate surface area is 189 Å². The molecule has 4 aromatic rings. The normalized spacial score (nSPS) is 15.9. The van der Waals surface area contributed by atoms with Crippen molar-refractivity contribution in [3.63, 3.8) is 0 Å². The van der Waals surface area contributed by atoms with Gasteiger partial charge in [-0.2, -0.15) is 5.10 Å². The molecular weight excluding hydrogens is 429 g/mol. The Kier molecular flexibility index (Phi) is 5.30. The monoisotopic (exact) mass is 447 g/mol. The molecule has 0 saturated carbocycles. The van der Waals surface area contributed by atoms with E-state index in [0.717, 1.165) is 39.6 Å². The van der Waals surface area contributed by atoms with Crippen molar-refractivity contribution in [2.45, 2.75) is 19.4 Å². The Bertz CT molecular complexity index is 1230. The summed E-state index contributed by atoms with van der Waals surface area (Å²) in [4.78, 5) is 4.82. The van der Waals surface area contributed by atoms with Gasteiger partial charge >= 0.3 is 0 Å². The maximum atomic E-state index is 13.3. The zero-order valence-corrected chi connectivity index (χ0v) is 18.4. The Hall–Kier alpha value is -3.02. The van der Waals surface area contributed by atoms with Gasteiger partial charge in [0.05, 0.1) is 17.4 Å². The van der Waals surface area contributed by atoms with Gasteiger partial charge in [0.15, 0.2) is 0 Å². The SMILES string of the molecule is Cc1ccc(C2=NN(c3nc(-c4ccc(F)cc4)cs3)[C@H](c3ccc(Cl)cc3)C2)cc1. The number of hydrogen-bond donors (Lipinski definition) is 0. The van der Waals surface area contributed by atoms with Gasteiger partial charge in [0.2, 0.25) is 5.13 Å². The van der Waals surface area contributed by atoms with Crippen molar-refractivity contribution in [3.8, 4) is 11.3 Å². The Morgan fingerprint density at radius 3 is 2.32 bits per heavy atom. The molecule has 0 spiro atoms. The minimum Gasteiger partial charge on any atom is -0.231 e. The fraction of sp³-hybridized carbons (Fsp3) is 0.120. The molecule has 0 N–H and O–H groups in total. The highest BCUT2D eigenvalue weighted by molar-refractivity contribution is 7.14. The molecule has 6 heteroatoms.